The average molecular weight is 216 g/mol. The fraction of sp³-hybridized carbons (Fsp3) is 0.900. The third-order valence-corrected chi connectivity index (χ3v) is 3.60. The summed E-state index contributed by atoms with van der Waals surface area (Å²) < 4.78 is 0. The molecule has 0 aliphatic carbocycles. The molecule has 1 amide bonds. The van der Waals surface area contributed by atoms with Gasteiger partial charge in [-0.15, -0.1) is 0 Å². The Kier molecular flexibility index (Phi) is 5.33. The molecule has 4 heteroatoms. The van der Waals surface area contributed by atoms with Crippen LogP contribution in [0.3, 0.4) is 0 Å². The van der Waals surface area contributed by atoms with Crippen molar-refractivity contribution in [3.05, 3.63) is 0 Å². The van der Waals surface area contributed by atoms with Crippen LogP contribution in [-0.4, -0.2) is 41.9 Å². The van der Waals surface area contributed by atoms with Crippen LogP contribution in [0.4, 0.5) is 0 Å². The SMILES string of the molecule is CC(CCN)C(=O)N1CCCSCC1. The van der Waals surface area contributed by atoms with Gasteiger partial charge in [-0.3, -0.25) is 4.79 Å². The standard InChI is InChI=1S/C10H20N2OS/c1-9(3-4-11)10(13)12-5-2-7-14-8-6-12/h9H,2-8,11H2,1H3. The van der Waals surface area contributed by atoms with Crippen LogP contribution in [0, 0.1) is 5.92 Å². The zero-order chi connectivity index (χ0) is 10.4. The van der Waals surface area contributed by atoms with Crippen LogP contribution in [0.5, 0.6) is 0 Å². The van der Waals surface area contributed by atoms with Crippen LogP contribution >= 0.6 is 11.8 Å². The molecule has 1 unspecified atom stereocenters. The first-order valence-electron chi connectivity index (χ1n) is 5.32. The molecule has 1 saturated heterocycles. The Morgan fingerprint density at radius 2 is 2.29 bits per heavy atom. The predicted molar refractivity (Wildman–Crippen MR) is 61.4 cm³/mol. The van der Waals surface area contributed by atoms with E-state index in [1.54, 1.807) is 0 Å². The summed E-state index contributed by atoms with van der Waals surface area (Å²) in [6.45, 7) is 4.43. The van der Waals surface area contributed by atoms with Gasteiger partial charge in [-0.1, -0.05) is 6.92 Å². The highest BCUT2D eigenvalue weighted by Gasteiger charge is 2.20. The minimum Gasteiger partial charge on any atom is -0.342 e. The van der Waals surface area contributed by atoms with Gasteiger partial charge >= 0.3 is 0 Å². The van der Waals surface area contributed by atoms with E-state index >= 15 is 0 Å². The van der Waals surface area contributed by atoms with Crippen molar-refractivity contribution in [1.29, 1.82) is 0 Å². The van der Waals surface area contributed by atoms with E-state index in [0.29, 0.717) is 6.54 Å². The Morgan fingerprint density at radius 3 is 3.00 bits per heavy atom. The van der Waals surface area contributed by atoms with E-state index in [9.17, 15) is 4.79 Å². The van der Waals surface area contributed by atoms with Crippen LogP contribution < -0.4 is 5.73 Å². The summed E-state index contributed by atoms with van der Waals surface area (Å²) in [4.78, 5) is 13.9. The molecule has 0 saturated carbocycles. The Balaban J connectivity index is 2.40. The van der Waals surface area contributed by atoms with Gasteiger partial charge < -0.3 is 10.6 Å². The summed E-state index contributed by atoms with van der Waals surface area (Å²) in [7, 11) is 0. The van der Waals surface area contributed by atoms with E-state index in [4.69, 9.17) is 5.73 Å². The smallest absolute Gasteiger partial charge is 0.225 e. The monoisotopic (exact) mass is 216 g/mol. The number of carbonyl (C=O) groups is 1. The van der Waals surface area contributed by atoms with Crippen LogP contribution in [0.1, 0.15) is 19.8 Å². The molecule has 2 N–H and O–H groups in total. The molecule has 1 atom stereocenters. The second-order valence-corrected chi connectivity index (χ2v) is 4.99. The number of thioether (sulfide) groups is 1. The Morgan fingerprint density at radius 1 is 1.50 bits per heavy atom. The maximum Gasteiger partial charge on any atom is 0.225 e. The number of amides is 1. The van der Waals surface area contributed by atoms with E-state index in [0.717, 1.165) is 31.7 Å². The molecule has 1 heterocycles. The van der Waals surface area contributed by atoms with Gasteiger partial charge in [0, 0.05) is 24.8 Å². The first-order valence-corrected chi connectivity index (χ1v) is 6.47. The van der Waals surface area contributed by atoms with Crippen molar-refractivity contribution in [3.8, 4) is 0 Å². The number of hydrogen-bond acceptors (Lipinski definition) is 3. The lowest BCUT2D eigenvalue weighted by molar-refractivity contribution is -0.134. The molecule has 1 aliphatic rings. The van der Waals surface area contributed by atoms with Crippen LogP contribution in [0.2, 0.25) is 0 Å². The Bertz CT molecular complexity index is 179. The van der Waals surface area contributed by atoms with Gasteiger partial charge in [0.2, 0.25) is 5.91 Å². The molecular formula is C10H20N2OS. The summed E-state index contributed by atoms with van der Waals surface area (Å²) in [5.74, 6) is 2.66. The van der Waals surface area contributed by atoms with Crippen LogP contribution in [0.15, 0.2) is 0 Å². The van der Waals surface area contributed by atoms with E-state index in [2.05, 4.69) is 0 Å². The minimum absolute atomic E-state index is 0.100. The van der Waals surface area contributed by atoms with Crippen LogP contribution in [-0.2, 0) is 4.79 Å². The summed E-state index contributed by atoms with van der Waals surface area (Å²) in [5, 5.41) is 0. The quantitative estimate of drug-likeness (QED) is 0.763. The number of hydrogen-bond donors (Lipinski definition) is 1. The topological polar surface area (TPSA) is 46.3 Å². The van der Waals surface area contributed by atoms with E-state index in [1.807, 2.05) is 23.6 Å². The second kappa shape index (κ2) is 6.30. The second-order valence-electron chi connectivity index (χ2n) is 3.77. The lowest BCUT2D eigenvalue weighted by Gasteiger charge is -2.23. The molecule has 0 aromatic heterocycles. The van der Waals surface area contributed by atoms with Gasteiger partial charge in [0.1, 0.15) is 0 Å². The zero-order valence-electron chi connectivity index (χ0n) is 8.87. The van der Waals surface area contributed by atoms with E-state index in [-0.39, 0.29) is 11.8 Å². The fourth-order valence-corrected chi connectivity index (χ4v) is 2.54. The molecule has 0 bridgehead atoms. The Labute approximate surface area is 90.4 Å². The highest BCUT2D eigenvalue weighted by atomic mass is 32.2. The highest BCUT2D eigenvalue weighted by molar-refractivity contribution is 7.99. The predicted octanol–water partition coefficient (Wildman–Crippen LogP) is 0.937. The number of carbonyl (C=O) groups excluding carboxylic acids is 1. The largest absolute Gasteiger partial charge is 0.342 e. The van der Waals surface area contributed by atoms with Crippen molar-refractivity contribution in [1.82, 2.24) is 4.90 Å². The van der Waals surface area contributed by atoms with E-state index < -0.39 is 0 Å². The molecule has 0 radical (unpaired) electrons. The molecule has 3 nitrogen and oxygen atoms in total. The summed E-state index contributed by atoms with van der Waals surface area (Å²) in [6.07, 6.45) is 1.94. The van der Waals surface area contributed by atoms with Crippen molar-refractivity contribution < 1.29 is 4.79 Å². The average Bonchev–Trinajstić information content (AvgIpc) is 2.45. The van der Waals surface area contributed by atoms with Crippen molar-refractivity contribution >= 4 is 17.7 Å². The van der Waals surface area contributed by atoms with Crippen molar-refractivity contribution in [3.63, 3.8) is 0 Å². The molecule has 0 aromatic rings. The minimum atomic E-state index is 0.100. The summed E-state index contributed by atoms with van der Waals surface area (Å²) >= 11 is 1.94. The molecular weight excluding hydrogens is 196 g/mol. The van der Waals surface area contributed by atoms with Gasteiger partial charge in [-0.25, -0.2) is 0 Å². The lowest BCUT2D eigenvalue weighted by atomic mass is 10.1. The summed E-state index contributed by atoms with van der Waals surface area (Å²) in [6, 6.07) is 0. The highest BCUT2D eigenvalue weighted by Crippen LogP contribution is 2.13. The molecule has 1 aliphatic heterocycles. The first kappa shape index (κ1) is 11.9. The molecule has 14 heavy (non-hydrogen) atoms. The molecule has 0 aromatic carbocycles. The van der Waals surface area contributed by atoms with Gasteiger partial charge in [0.15, 0.2) is 0 Å². The normalized spacial score (nSPS) is 20.3. The fourth-order valence-electron chi connectivity index (χ4n) is 1.65. The molecule has 82 valence electrons. The molecule has 1 rings (SSSR count). The number of nitrogens with two attached hydrogens (primary N) is 1. The first-order chi connectivity index (χ1) is 6.75. The van der Waals surface area contributed by atoms with Gasteiger partial charge in [0.05, 0.1) is 0 Å². The lowest BCUT2D eigenvalue weighted by Crippen LogP contribution is -2.37. The van der Waals surface area contributed by atoms with Crippen molar-refractivity contribution in [2.45, 2.75) is 19.8 Å². The van der Waals surface area contributed by atoms with Gasteiger partial charge in [0.25, 0.3) is 0 Å². The molecule has 1 fully saturated rings. The molecule has 0 spiro atoms. The van der Waals surface area contributed by atoms with Gasteiger partial charge in [-0.2, -0.15) is 11.8 Å². The third-order valence-electron chi connectivity index (χ3n) is 2.56. The number of rotatable bonds is 3. The van der Waals surface area contributed by atoms with Crippen molar-refractivity contribution in [2.24, 2.45) is 11.7 Å². The van der Waals surface area contributed by atoms with Crippen molar-refractivity contribution in [2.75, 3.05) is 31.1 Å². The van der Waals surface area contributed by atoms with Crippen LogP contribution in [0.25, 0.3) is 0 Å². The zero-order valence-corrected chi connectivity index (χ0v) is 9.68. The third kappa shape index (κ3) is 3.50. The summed E-state index contributed by atoms with van der Waals surface area (Å²) in [5.41, 5.74) is 5.45. The number of nitrogens with zero attached hydrogens (tertiary/aromatic N) is 1. The maximum atomic E-state index is 11.9. The van der Waals surface area contributed by atoms with E-state index in [1.165, 1.54) is 5.75 Å². The Hall–Kier alpha value is -0.220. The maximum absolute atomic E-state index is 11.9. The van der Waals surface area contributed by atoms with Gasteiger partial charge in [-0.05, 0) is 25.1 Å².